The Morgan fingerprint density at radius 2 is 1.54 bits per heavy atom. The average molecular weight is 491 g/mol. The van der Waals surface area contributed by atoms with E-state index in [4.69, 9.17) is 9.47 Å². The minimum Gasteiger partial charge on any atom is -0.497 e. The first-order valence-corrected chi connectivity index (χ1v) is 12.4. The molecule has 182 valence electrons. The molecule has 1 saturated heterocycles. The van der Waals surface area contributed by atoms with Gasteiger partial charge in [0.2, 0.25) is 5.91 Å². The highest BCUT2D eigenvalue weighted by Gasteiger charge is 2.34. The van der Waals surface area contributed by atoms with Gasteiger partial charge in [-0.25, -0.2) is 0 Å². The van der Waals surface area contributed by atoms with Crippen molar-refractivity contribution in [3.05, 3.63) is 83.4 Å². The third kappa shape index (κ3) is 5.46. The van der Waals surface area contributed by atoms with E-state index in [0.29, 0.717) is 28.5 Å². The second kappa shape index (κ2) is 10.0. The van der Waals surface area contributed by atoms with Gasteiger partial charge in [0.05, 0.1) is 20.0 Å². The molecule has 0 spiro atoms. The number of carbonyl (C=O) groups excluding carboxylic acids is 2. The molecule has 6 nitrogen and oxygen atoms in total. The van der Waals surface area contributed by atoms with E-state index in [1.165, 1.54) is 5.56 Å². The number of carbonyl (C=O) groups is 2. The van der Waals surface area contributed by atoms with Crippen LogP contribution in [0.1, 0.15) is 47.6 Å². The predicted molar refractivity (Wildman–Crippen MR) is 142 cm³/mol. The van der Waals surface area contributed by atoms with E-state index in [1.807, 2.05) is 41.3 Å². The van der Waals surface area contributed by atoms with Crippen LogP contribution in [0.25, 0.3) is 0 Å². The SMILES string of the molecule is COc1cc(OC)cc(C(=O)Nc2ccc(C3SCC(=O)N3c3ccc(C(C)(C)C)cc3)cc2)c1. The highest BCUT2D eigenvalue weighted by Crippen LogP contribution is 2.42. The lowest BCUT2D eigenvalue weighted by atomic mass is 9.87. The number of hydrogen-bond acceptors (Lipinski definition) is 5. The highest BCUT2D eigenvalue weighted by atomic mass is 32.2. The molecule has 1 unspecified atom stereocenters. The first-order chi connectivity index (χ1) is 16.7. The van der Waals surface area contributed by atoms with Crippen LogP contribution in [0.15, 0.2) is 66.7 Å². The second-order valence-electron chi connectivity index (χ2n) is 9.40. The summed E-state index contributed by atoms with van der Waals surface area (Å²) in [6.45, 7) is 6.52. The molecule has 4 rings (SSSR count). The Kier molecular flexibility index (Phi) is 7.08. The molecule has 0 aromatic heterocycles. The number of nitrogens with one attached hydrogen (secondary N) is 1. The van der Waals surface area contributed by atoms with Crippen molar-refractivity contribution in [1.29, 1.82) is 0 Å². The monoisotopic (exact) mass is 490 g/mol. The van der Waals surface area contributed by atoms with Crippen molar-refractivity contribution in [3.8, 4) is 11.5 Å². The molecule has 1 aliphatic rings. The van der Waals surface area contributed by atoms with Crippen LogP contribution in [0.4, 0.5) is 11.4 Å². The molecule has 3 aromatic rings. The molecule has 1 aliphatic heterocycles. The molecular formula is C28H30N2O4S. The van der Waals surface area contributed by atoms with Gasteiger partial charge >= 0.3 is 0 Å². The summed E-state index contributed by atoms with van der Waals surface area (Å²) in [5.74, 6) is 1.35. The Labute approximate surface area is 210 Å². The van der Waals surface area contributed by atoms with Gasteiger partial charge in [-0.05, 0) is 52.9 Å². The van der Waals surface area contributed by atoms with Gasteiger partial charge in [0.15, 0.2) is 0 Å². The number of benzene rings is 3. The summed E-state index contributed by atoms with van der Waals surface area (Å²) in [6.07, 6.45) is 0. The fraction of sp³-hybridized carbons (Fsp3) is 0.286. The number of hydrogen-bond donors (Lipinski definition) is 1. The van der Waals surface area contributed by atoms with E-state index in [2.05, 4.69) is 38.2 Å². The summed E-state index contributed by atoms with van der Waals surface area (Å²) >= 11 is 1.60. The molecule has 0 radical (unpaired) electrons. The Bertz CT molecular complexity index is 1190. The summed E-state index contributed by atoms with van der Waals surface area (Å²) in [6, 6.07) is 20.9. The minimum atomic E-state index is -0.263. The van der Waals surface area contributed by atoms with Gasteiger partial charge in [-0.15, -0.1) is 11.8 Å². The van der Waals surface area contributed by atoms with Crippen LogP contribution in [-0.2, 0) is 10.2 Å². The Balaban J connectivity index is 1.51. The summed E-state index contributed by atoms with van der Waals surface area (Å²) in [7, 11) is 3.09. The number of methoxy groups -OCH3 is 2. The fourth-order valence-electron chi connectivity index (χ4n) is 3.94. The van der Waals surface area contributed by atoms with E-state index >= 15 is 0 Å². The number of ether oxygens (including phenoxy) is 2. The molecule has 0 saturated carbocycles. The van der Waals surface area contributed by atoms with Crippen LogP contribution < -0.4 is 19.7 Å². The molecule has 1 heterocycles. The van der Waals surface area contributed by atoms with Crippen molar-refractivity contribution in [1.82, 2.24) is 0 Å². The maximum Gasteiger partial charge on any atom is 0.255 e. The van der Waals surface area contributed by atoms with Crippen LogP contribution in [-0.4, -0.2) is 31.8 Å². The lowest BCUT2D eigenvalue weighted by Crippen LogP contribution is -2.28. The molecule has 0 aliphatic carbocycles. The zero-order valence-electron chi connectivity index (χ0n) is 20.6. The molecule has 1 fully saturated rings. The molecule has 1 N–H and O–H groups in total. The van der Waals surface area contributed by atoms with Gasteiger partial charge in [-0.3, -0.25) is 14.5 Å². The zero-order chi connectivity index (χ0) is 25.2. The Morgan fingerprint density at radius 1 is 0.943 bits per heavy atom. The Morgan fingerprint density at radius 3 is 2.09 bits per heavy atom. The number of thioether (sulfide) groups is 1. The quantitative estimate of drug-likeness (QED) is 0.457. The molecule has 1 atom stereocenters. The van der Waals surface area contributed by atoms with Gasteiger partial charge in [-0.2, -0.15) is 0 Å². The van der Waals surface area contributed by atoms with Crippen molar-refractivity contribution in [3.63, 3.8) is 0 Å². The fourth-order valence-corrected chi connectivity index (χ4v) is 5.12. The number of rotatable bonds is 6. The topological polar surface area (TPSA) is 67.9 Å². The average Bonchev–Trinajstić information content (AvgIpc) is 3.24. The molecule has 35 heavy (non-hydrogen) atoms. The van der Waals surface area contributed by atoms with Crippen molar-refractivity contribution < 1.29 is 19.1 Å². The van der Waals surface area contributed by atoms with Gasteiger partial charge in [0, 0.05) is 23.0 Å². The van der Waals surface area contributed by atoms with E-state index in [-0.39, 0.29) is 22.6 Å². The largest absolute Gasteiger partial charge is 0.497 e. The molecule has 3 aromatic carbocycles. The lowest BCUT2D eigenvalue weighted by molar-refractivity contribution is -0.115. The molecular weight excluding hydrogens is 460 g/mol. The van der Waals surface area contributed by atoms with E-state index in [0.717, 1.165) is 11.3 Å². The smallest absolute Gasteiger partial charge is 0.255 e. The van der Waals surface area contributed by atoms with Crippen molar-refractivity contribution >= 4 is 35.0 Å². The predicted octanol–water partition coefficient (Wildman–Crippen LogP) is 6.03. The summed E-state index contributed by atoms with van der Waals surface area (Å²) in [5.41, 5.74) is 4.27. The summed E-state index contributed by atoms with van der Waals surface area (Å²) in [4.78, 5) is 27.4. The Hall–Kier alpha value is -3.45. The molecule has 0 bridgehead atoms. The molecule has 2 amide bonds. The maximum atomic E-state index is 12.8. The normalized spacial score (nSPS) is 15.7. The first kappa shape index (κ1) is 24.7. The van der Waals surface area contributed by atoms with Crippen molar-refractivity contribution in [2.24, 2.45) is 0 Å². The van der Waals surface area contributed by atoms with Crippen LogP contribution in [0, 0.1) is 0 Å². The van der Waals surface area contributed by atoms with E-state index < -0.39 is 0 Å². The van der Waals surface area contributed by atoms with Crippen LogP contribution in [0.3, 0.4) is 0 Å². The van der Waals surface area contributed by atoms with Crippen molar-refractivity contribution in [2.45, 2.75) is 31.6 Å². The van der Waals surface area contributed by atoms with Crippen molar-refractivity contribution in [2.75, 3.05) is 30.2 Å². The van der Waals surface area contributed by atoms with Gasteiger partial charge < -0.3 is 14.8 Å². The summed E-state index contributed by atoms with van der Waals surface area (Å²) in [5, 5.41) is 2.80. The number of nitrogens with zero attached hydrogens (tertiary/aromatic N) is 1. The van der Waals surface area contributed by atoms with E-state index in [9.17, 15) is 9.59 Å². The van der Waals surface area contributed by atoms with Crippen LogP contribution in [0.2, 0.25) is 0 Å². The van der Waals surface area contributed by atoms with Crippen LogP contribution in [0.5, 0.6) is 11.5 Å². The first-order valence-electron chi connectivity index (χ1n) is 11.4. The summed E-state index contributed by atoms with van der Waals surface area (Å²) < 4.78 is 10.5. The molecule has 7 heteroatoms. The number of amides is 2. The van der Waals surface area contributed by atoms with Gasteiger partial charge in [0.25, 0.3) is 5.91 Å². The highest BCUT2D eigenvalue weighted by molar-refractivity contribution is 8.00. The minimum absolute atomic E-state index is 0.0535. The standard InChI is InChI=1S/C28H30N2O4S/c1-28(2,3)20-8-12-22(13-9-20)30-25(31)17-35-27(30)18-6-10-21(11-7-18)29-26(32)19-14-23(33-4)16-24(15-19)34-5/h6-16,27H,17H2,1-5H3,(H,29,32). The zero-order valence-corrected chi connectivity index (χ0v) is 21.4. The van der Waals surface area contributed by atoms with Crippen LogP contribution >= 0.6 is 11.8 Å². The maximum absolute atomic E-state index is 12.8. The third-order valence-corrected chi connectivity index (χ3v) is 7.16. The van der Waals surface area contributed by atoms with Gasteiger partial charge in [0.1, 0.15) is 16.9 Å². The third-order valence-electron chi connectivity index (χ3n) is 5.95. The lowest BCUT2D eigenvalue weighted by Gasteiger charge is -2.26. The van der Waals surface area contributed by atoms with E-state index in [1.54, 1.807) is 44.2 Å². The van der Waals surface area contributed by atoms with Gasteiger partial charge in [-0.1, -0.05) is 45.0 Å². The number of anilines is 2. The second-order valence-corrected chi connectivity index (χ2v) is 10.5.